The van der Waals surface area contributed by atoms with Crippen LogP contribution < -0.4 is 5.32 Å². The van der Waals surface area contributed by atoms with Gasteiger partial charge in [0.1, 0.15) is 5.82 Å². The summed E-state index contributed by atoms with van der Waals surface area (Å²) >= 11 is 0. The van der Waals surface area contributed by atoms with E-state index in [1.807, 2.05) is 11.1 Å². The van der Waals surface area contributed by atoms with E-state index in [9.17, 15) is 9.59 Å². The lowest BCUT2D eigenvalue weighted by Gasteiger charge is -2.32. The summed E-state index contributed by atoms with van der Waals surface area (Å²) in [5.74, 6) is 2.43. The number of piperidine rings is 1. The lowest BCUT2D eigenvalue weighted by atomic mass is 9.95. The third kappa shape index (κ3) is 4.07. The molecule has 132 valence electrons. The zero-order chi connectivity index (χ0) is 17.1. The van der Waals surface area contributed by atoms with Crippen LogP contribution in [0.3, 0.4) is 0 Å². The Morgan fingerprint density at radius 3 is 2.58 bits per heavy atom. The summed E-state index contributed by atoms with van der Waals surface area (Å²) in [6, 6.07) is -0.236. The van der Waals surface area contributed by atoms with Gasteiger partial charge < -0.3 is 19.7 Å². The Balaban J connectivity index is 1.48. The second-order valence-electron chi connectivity index (χ2n) is 7.09. The first-order chi connectivity index (χ1) is 11.5. The Labute approximate surface area is 143 Å². The number of carbonyl (C=O) groups excluding carboxylic acids is 2. The Morgan fingerprint density at radius 2 is 1.96 bits per heavy atom. The first-order valence-corrected chi connectivity index (χ1v) is 8.78. The van der Waals surface area contributed by atoms with Gasteiger partial charge in [0.15, 0.2) is 0 Å². The monoisotopic (exact) mass is 333 g/mol. The van der Waals surface area contributed by atoms with Crippen molar-refractivity contribution >= 4 is 11.9 Å². The van der Waals surface area contributed by atoms with Gasteiger partial charge in [-0.1, -0.05) is 0 Å². The predicted molar refractivity (Wildman–Crippen MR) is 90.6 cm³/mol. The van der Waals surface area contributed by atoms with Gasteiger partial charge >= 0.3 is 6.03 Å². The minimum atomic E-state index is -0.236. The summed E-state index contributed by atoms with van der Waals surface area (Å²) in [7, 11) is 3.32. The molecule has 1 saturated heterocycles. The number of rotatable bonds is 5. The molecular weight excluding hydrogens is 306 g/mol. The molecule has 1 aliphatic carbocycles. The number of amides is 3. The maximum atomic E-state index is 12.2. The molecule has 24 heavy (non-hydrogen) atoms. The third-order valence-corrected chi connectivity index (χ3v) is 4.91. The van der Waals surface area contributed by atoms with Crippen molar-refractivity contribution in [2.45, 2.75) is 38.1 Å². The molecule has 2 heterocycles. The van der Waals surface area contributed by atoms with Gasteiger partial charge in [0.25, 0.3) is 0 Å². The molecule has 1 saturated carbocycles. The van der Waals surface area contributed by atoms with Crippen LogP contribution in [-0.2, 0) is 11.3 Å². The van der Waals surface area contributed by atoms with Crippen LogP contribution in [0.2, 0.25) is 0 Å². The van der Waals surface area contributed by atoms with Crippen molar-refractivity contribution in [1.29, 1.82) is 0 Å². The van der Waals surface area contributed by atoms with Crippen molar-refractivity contribution < 1.29 is 9.59 Å². The fourth-order valence-electron chi connectivity index (χ4n) is 3.22. The summed E-state index contributed by atoms with van der Waals surface area (Å²) in [6.45, 7) is 2.62. The SMILES string of the molecule is CN(C)C(=O)NCC(=O)N1CCC(c2nccn2CC2CC2)CC1. The van der Waals surface area contributed by atoms with Crippen LogP contribution in [0, 0.1) is 5.92 Å². The van der Waals surface area contributed by atoms with E-state index in [2.05, 4.69) is 21.1 Å². The van der Waals surface area contributed by atoms with Crippen LogP contribution in [0.15, 0.2) is 12.4 Å². The normalized spacial score (nSPS) is 18.5. The highest BCUT2D eigenvalue weighted by molar-refractivity contribution is 5.83. The maximum Gasteiger partial charge on any atom is 0.317 e. The van der Waals surface area contributed by atoms with Crippen molar-refractivity contribution in [2.75, 3.05) is 33.7 Å². The topological polar surface area (TPSA) is 70.5 Å². The van der Waals surface area contributed by atoms with Gasteiger partial charge in [-0.15, -0.1) is 0 Å². The Kier molecular flexibility index (Phi) is 5.06. The predicted octanol–water partition coefficient (Wildman–Crippen LogP) is 1.27. The van der Waals surface area contributed by atoms with E-state index < -0.39 is 0 Å². The average molecular weight is 333 g/mol. The number of urea groups is 1. The van der Waals surface area contributed by atoms with Crippen molar-refractivity contribution in [1.82, 2.24) is 24.7 Å². The maximum absolute atomic E-state index is 12.2. The zero-order valence-corrected chi connectivity index (χ0v) is 14.6. The molecule has 0 unspecified atom stereocenters. The molecule has 0 atom stereocenters. The van der Waals surface area contributed by atoms with Crippen LogP contribution in [0.25, 0.3) is 0 Å². The summed E-state index contributed by atoms with van der Waals surface area (Å²) in [5.41, 5.74) is 0. The van der Waals surface area contributed by atoms with Crippen molar-refractivity contribution in [3.63, 3.8) is 0 Å². The van der Waals surface area contributed by atoms with E-state index >= 15 is 0 Å². The molecule has 1 aliphatic heterocycles. The van der Waals surface area contributed by atoms with Gasteiger partial charge in [-0.25, -0.2) is 9.78 Å². The van der Waals surface area contributed by atoms with Crippen LogP contribution in [0.1, 0.15) is 37.4 Å². The molecule has 1 N–H and O–H groups in total. The number of hydrogen-bond donors (Lipinski definition) is 1. The lowest BCUT2D eigenvalue weighted by molar-refractivity contribution is -0.131. The smallest absolute Gasteiger partial charge is 0.317 e. The Bertz CT molecular complexity index is 586. The zero-order valence-electron chi connectivity index (χ0n) is 14.6. The van der Waals surface area contributed by atoms with Crippen LogP contribution >= 0.6 is 0 Å². The van der Waals surface area contributed by atoms with Crippen molar-refractivity contribution in [3.05, 3.63) is 18.2 Å². The van der Waals surface area contributed by atoms with E-state index in [-0.39, 0.29) is 18.5 Å². The highest BCUT2D eigenvalue weighted by Crippen LogP contribution is 2.33. The summed E-state index contributed by atoms with van der Waals surface area (Å²) in [5, 5.41) is 2.63. The number of aromatic nitrogens is 2. The second kappa shape index (κ2) is 7.23. The number of carbonyl (C=O) groups is 2. The highest BCUT2D eigenvalue weighted by atomic mass is 16.2. The molecule has 0 spiro atoms. The molecule has 2 aliphatic rings. The molecule has 3 rings (SSSR count). The summed E-state index contributed by atoms with van der Waals surface area (Å²) in [4.78, 5) is 31.6. The van der Waals surface area contributed by atoms with Gasteiger partial charge in [0.2, 0.25) is 5.91 Å². The molecule has 3 amide bonds. The largest absolute Gasteiger partial charge is 0.341 e. The van der Waals surface area contributed by atoms with Crippen LogP contribution in [-0.4, -0.2) is 65.0 Å². The molecule has 0 aromatic carbocycles. The van der Waals surface area contributed by atoms with Crippen LogP contribution in [0.4, 0.5) is 4.79 Å². The van der Waals surface area contributed by atoms with E-state index in [0.717, 1.165) is 38.4 Å². The van der Waals surface area contributed by atoms with Gasteiger partial charge in [-0.2, -0.15) is 0 Å². The molecule has 7 nitrogen and oxygen atoms in total. The Morgan fingerprint density at radius 1 is 1.25 bits per heavy atom. The molecule has 1 aromatic heterocycles. The third-order valence-electron chi connectivity index (χ3n) is 4.91. The van der Waals surface area contributed by atoms with Gasteiger partial charge in [0, 0.05) is 52.0 Å². The van der Waals surface area contributed by atoms with E-state index in [0.29, 0.717) is 5.92 Å². The minimum absolute atomic E-state index is 0.00928. The molecule has 0 bridgehead atoms. The highest BCUT2D eigenvalue weighted by Gasteiger charge is 2.28. The van der Waals surface area contributed by atoms with E-state index in [4.69, 9.17) is 0 Å². The first-order valence-electron chi connectivity index (χ1n) is 8.78. The molecule has 1 aromatic rings. The van der Waals surface area contributed by atoms with E-state index in [1.165, 1.54) is 23.6 Å². The van der Waals surface area contributed by atoms with Gasteiger partial charge in [-0.05, 0) is 31.6 Å². The van der Waals surface area contributed by atoms with Crippen molar-refractivity contribution in [3.8, 4) is 0 Å². The summed E-state index contributed by atoms with van der Waals surface area (Å²) < 4.78 is 2.30. The first kappa shape index (κ1) is 16.8. The lowest BCUT2D eigenvalue weighted by Crippen LogP contribution is -2.45. The number of nitrogens with zero attached hydrogens (tertiary/aromatic N) is 4. The van der Waals surface area contributed by atoms with Gasteiger partial charge in [-0.3, -0.25) is 4.79 Å². The number of hydrogen-bond acceptors (Lipinski definition) is 3. The fourth-order valence-corrected chi connectivity index (χ4v) is 3.22. The molecule has 7 heteroatoms. The molecular formula is C17H27N5O2. The average Bonchev–Trinajstić information content (AvgIpc) is 3.28. The van der Waals surface area contributed by atoms with Gasteiger partial charge in [0.05, 0.1) is 6.54 Å². The summed E-state index contributed by atoms with van der Waals surface area (Å²) in [6.07, 6.45) is 8.53. The fraction of sp³-hybridized carbons (Fsp3) is 0.706. The van der Waals surface area contributed by atoms with Crippen LogP contribution in [0.5, 0.6) is 0 Å². The Hall–Kier alpha value is -2.05. The van der Waals surface area contributed by atoms with Crippen molar-refractivity contribution in [2.24, 2.45) is 5.92 Å². The number of nitrogens with one attached hydrogen (secondary N) is 1. The number of likely N-dealkylation sites (tertiary alicyclic amines) is 1. The van der Waals surface area contributed by atoms with E-state index in [1.54, 1.807) is 14.1 Å². The molecule has 2 fully saturated rings. The molecule has 0 radical (unpaired) electrons. The number of imidazole rings is 1. The standard InChI is InChI=1S/C17H27N5O2/c1-20(2)17(24)19-11-15(23)21-8-5-14(6-9-21)16-18-7-10-22(16)12-13-3-4-13/h7,10,13-14H,3-6,8-9,11-12H2,1-2H3,(H,19,24). The quantitative estimate of drug-likeness (QED) is 0.882. The minimum Gasteiger partial charge on any atom is -0.341 e. The second-order valence-corrected chi connectivity index (χ2v) is 7.09.